The predicted octanol–water partition coefficient (Wildman–Crippen LogP) is 4.36. The minimum absolute atomic E-state index is 0.0665. The van der Waals surface area contributed by atoms with Crippen LogP contribution in [0.15, 0.2) is 39.9 Å². The molecule has 1 N–H and O–H groups in total. The Hall–Kier alpha value is -1.97. The van der Waals surface area contributed by atoms with Crippen LogP contribution in [0, 0.1) is 31.6 Å². The van der Waals surface area contributed by atoms with Crippen LogP contribution < -0.4 is 4.72 Å². The molecule has 0 amide bonds. The fraction of sp³-hybridized carbons (Fsp3) is 0.560. The molecule has 0 radical (unpaired) electrons. The number of allylic oxidation sites excluding steroid dienone is 2. The number of thioether (sulfide) groups is 1. The molecule has 2 aliphatic rings. The number of sulfonamides is 1. The molecule has 0 aromatic carbocycles. The molecule has 0 spiro atoms. The number of hydrogen-bond acceptors (Lipinski definition) is 6. The van der Waals surface area contributed by atoms with Gasteiger partial charge in [0.05, 0.1) is 16.1 Å². The molecular weight excluding hydrogens is 468 g/mol. The second kappa shape index (κ2) is 9.24. The number of pyridine rings is 1. The average molecular weight is 503 g/mol. The van der Waals surface area contributed by atoms with Gasteiger partial charge in [0, 0.05) is 18.3 Å². The van der Waals surface area contributed by atoms with Gasteiger partial charge in [-0.25, -0.2) is 13.1 Å². The topological polar surface area (TPSA) is 94.0 Å². The number of nitrogens with zero attached hydrogens (tertiary/aromatic N) is 3. The first-order valence-corrected chi connectivity index (χ1v) is 14.1. The number of carbonyl (C=O) groups excluding carboxylic acids is 1. The largest absolute Gasteiger partial charge is 0.297 e. The summed E-state index contributed by atoms with van der Waals surface area (Å²) in [6, 6.07) is 4.20. The van der Waals surface area contributed by atoms with Crippen LogP contribution in [-0.4, -0.2) is 36.0 Å². The van der Waals surface area contributed by atoms with E-state index < -0.39 is 10.0 Å². The number of nitrogens with one attached hydrogen (secondary N) is 1. The molecule has 1 saturated carbocycles. The summed E-state index contributed by atoms with van der Waals surface area (Å²) in [6.45, 7) is 9.77. The van der Waals surface area contributed by atoms with Gasteiger partial charge < -0.3 is 0 Å². The van der Waals surface area contributed by atoms with E-state index in [1.807, 2.05) is 37.1 Å². The minimum atomic E-state index is -3.62. The van der Waals surface area contributed by atoms with Gasteiger partial charge >= 0.3 is 0 Å². The normalized spacial score (nSPS) is 24.0. The maximum atomic E-state index is 13.2. The van der Waals surface area contributed by atoms with Gasteiger partial charge in [-0.2, -0.15) is 5.10 Å². The molecule has 4 rings (SSSR count). The van der Waals surface area contributed by atoms with Crippen molar-refractivity contribution in [3.8, 4) is 0 Å². The van der Waals surface area contributed by atoms with E-state index in [9.17, 15) is 13.2 Å². The summed E-state index contributed by atoms with van der Waals surface area (Å²) in [4.78, 5) is 19.1. The molecular formula is C25H34N4O3S2. The first-order valence-electron chi connectivity index (χ1n) is 11.8. The van der Waals surface area contributed by atoms with Crippen molar-refractivity contribution < 1.29 is 13.2 Å². The Morgan fingerprint density at radius 1 is 1.32 bits per heavy atom. The number of rotatable bonds is 9. The molecule has 0 bridgehead atoms. The zero-order chi connectivity index (χ0) is 24.8. The Balaban J connectivity index is 1.45. The summed E-state index contributed by atoms with van der Waals surface area (Å²) in [7, 11) is -2.25. The molecule has 7 nitrogen and oxygen atoms in total. The number of ketones is 1. The summed E-state index contributed by atoms with van der Waals surface area (Å²) >= 11 is 1.98. The third-order valence-corrected chi connectivity index (χ3v) is 11.1. The van der Waals surface area contributed by atoms with Crippen molar-refractivity contribution in [2.45, 2.75) is 70.1 Å². The Labute approximate surface area is 206 Å². The van der Waals surface area contributed by atoms with Crippen molar-refractivity contribution in [2.24, 2.45) is 17.8 Å². The second-order valence-electron chi connectivity index (χ2n) is 9.84. The van der Waals surface area contributed by atoms with E-state index in [4.69, 9.17) is 0 Å². The van der Waals surface area contributed by atoms with Gasteiger partial charge in [0.2, 0.25) is 10.0 Å². The molecule has 3 heterocycles. The SMILES string of the molecule is CNS(=O)(=O)c1c(C)nn(CC(=O)C(C)C(C)CC2=C(C)CC3CC3(c3cccnc3)S2)c1C. The van der Waals surface area contributed by atoms with Crippen LogP contribution in [-0.2, 0) is 26.1 Å². The van der Waals surface area contributed by atoms with E-state index >= 15 is 0 Å². The average Bonchev–Trinajstić information content (AvgIpc) is 3.44. The highest BCUT2D eigenvalue weighted by molar-refractivity contribution is 8.04. The first-order chi connectivity index (χ1) is 16.0. The molecule has 34 heavy (non-hydrogen) atoms. The van der Waals surface area contributed by atoms with Crippen LogP contribution in [0.4, 0.5) is 0 Å². The molecule has 0 saturated heterocycles. The quantitative estimate of drug-likeness (QED) is 0.548. The fourth-order valence-electron chi connectivity index (χ4n) is 5.10. The molecule has 1 aliphatic heterocycles. The predicted molar refractivity (Wildman–Crippen MR) is 135 cm³/mol. The van der Waals surface area contributed by atoms with E-state index in [1.165, 1.54) is 34.2 Å². The minimum Gasteiger partial charge on any atom is -0.297 e. The number of fused-ring (bicyclic) bond motifs is 1. The maximum absolute atomic E-state index is 13.2. The van der Waals surface area contributed by atoms with Crippen LogP contribution in [0.2, 0.25) is 0 Å². The monoisotopic (exact) mass is 502 g/mol. The van der Waals surface area contributed by atoms with Crippen LogP contribution >= 0.6 is 11.8 Å². The summed E-state index contributed by atoms with van der Waals surface area (Å²) in [6.07, 6.45) is 6.98. The first kappa shape index (κ1) is 25.1. The van der Waals surface area contributed by atoms with Gasteiger partial charge in [-0.1, -0.05) is 25.5 Å². The second-order valence-corrected chi connectivity index (χ2v) is 13.1. The lowest BCUT2D eigenvalue weighted by Crippen LogP contribution is -2.25. The van der Waals surface area contributed by atoms with Crippen molar-refractivity contribution in [1.82, 2.24) is 19.5 Å². The third-order valence-electron chi connectivity index (χ3n) is 7.56. The van der Waals surface area contributed by atoms with E-state index in [2.05, 4.69) is 34.7 Å². The zero-order valence-corrected chi connectivity index (χ0v) is 22.4. The molecule has 4 unspecified atom stereocenters. The molecule has 2 aromatic heterocycles. The van der Waals surface area contributed by atoms with E-state index in [0.717, 1.165) is 12.8 Å². The van der Waals surface area contributed by atoms with Crippen molar-refractivity contribution >= 4 is 27.6 Å². The number of hydrogen-bond donors (Lipinski definition) is 1. The Morgan fingerprint density at radius 2 is 2.06 bits per heavy atom. The maximum Gasteiger partial charge on any atom is 0.243 e. The number of aryl methyl sites for hydroxylation is 1. The molecule has 9 heteroatoms. The molecule has 4 atom stereocenters. The summed E-state index contributed by atoms with van der Waals surface area (Å²) in [5.74, 6) is 0.745. The van der Waals surface area contributed by atoms with E-state index in [-0.39, 0.29) is 33.8 Å². The molecule has 2 aromatic rings. The van der Waals surface area contributed by atoms with Crippen LogP contribution in [0.1, 0.15) is 57.0 Å². The highest BCUT2D eigenvalue weighted by Crippen LogP contribution is 2.69. The fourth-order valence-corrected chi connectivity index (χ4v) is 8.05. The molecule has 1 fully saturated rings. The van der Waals surface area contributed by atoms with Gasteiger partial charge in [0.25, 0.3) is 0 Å². The summed E-state index contributed by atoms with van der Waals surface area (Å²) in [5, 5.41) is 4.35. The van der Waals surface area contributed by atoms with Gasteiger partial charge in [-0.3, -0.25) is 14.5 Å². The van der Waals surface area contributed by atoms with E-state index in [0.29, 0.717) is 17.3 Å². The van der Waals surface area contributed by atoms with Crippen molar-refractivity contribution in [2.75, 3.05) is 7.05 Å². The van der Waals surface area contributed by atoms with Gasteiger partial charge in [0.15, 0.2) is 5.78 Å². The lowest BCUT2D eigenvalue weighted by Gasteiger charge is -2.29. The van der Waals surface area contributed by atoms with Crippen LogP contribution in [0.3, 0.4) is 0 Å². The third kappa shape index (κ3) is 4.50. The van der Waals surface area contributed by atoms with Crippen molar-refractivity contribution in [3.63, 3.8) is 0 Å². The highest BCUT2D eigenvalue weighted by atomic mass is 32.2. The Morgan fingerprint density at radius 3 is 2.71 bits per heavy atom. The van der Waals surface area contributed by atoms with Gasteiger partial charge in [-0.15, -0.1) is 11.8 Å². The van der Waals surface area contributed by atoms with Gasteiger partial charge in [0.1, 0.15) is 11.4 Å². The van der Waals surface area contributed by atoms with Gasteiger partial charge in [-0.05, 0) is 75.5 Å². The molecule has 184 valence electrons. The van der Waals surface area contributed by atoms with Crippen LogP contribution in [0.5, 0.6) is 0 Å². The lowest BCUT2D eigenvalue weighted by molar-refractivity contribution is -0.124. The number of Topliss-reactive ketones (excluding diaryl/α,β-unsaturated/α-hetero) is 1. The number of aromatic nitrogens is 3. The number of carbonyl (C=O) groups is 1. The van der Waals surface area contributed by atoms with Crippen LogP contribution in [0.25, 0.3) is 0 Å². The zero-order valence-electron chi connectivity index (χ0n) is 20.8. The standard InChI is InChI=1S/C25H34N4O3S2/c1-15(11-23-16(2)10-21-12-25(21,33-23)20-8-7-9-27-13-20)17(3)22(30)14-29-19(5)24(18(4)28-29)34(31,32)26-6/h7-9,13,15,17,21,26H,10-12,14H2,1-6H3. The van der Waals surface area contributed by atoms with E-state index in [1.54, 1.807) is 13.8 Å². The van der Waals surface area contributed by atoms with Crippen molar-refractivity contribution in [3.05, 3.63) is 52.0 Å². The Bertz CT molecular complexity index is 1240. The summed E-state index contributed by atoms with van der Waals surface area (Å²) in [5.41, 5.74) is 3.64. The molecule has 1 aliphatic carbocycles. The lowest BCUT2D eigenvalue weighted by atomic mass is 9.88. The highest BCUT2D eigenvalue weighted by Gasteiger charge is 2.58. The summed E-state index contributed by atoms with van der Waals surface area (Å²) < 4.78 is 28.7. The van der Waals surface area contributed by atoms with Crippen molar-refractivity contribution in [1.29, 1.82) is 0 Å². The Kier molecular flexibility index (Phi) is 6.83. The smallest absolute Gasteiger partial charge is 0.243 e.